The molecule has 0 spiro atoms. The fourth-order valence-corrected chi connectivity index (χ4v) is 2.38. The van der Waals surface area contributed by atoms with E-state index in [0.29, 0.717) is 12.3 Å². The molecule has 0 saturated carbocycles. The van der Waals surface area contributed by atoms with E-state index in [9.17, 15) is 5.11 Å². The Hall–Kier alpha value is -2.79. The summed E-state index contributed by atoms with van der Waals surface area (Å²) >= 11 is 0. The number of benzene rings is 2. The van der Waals surface area contributed by atoms with Gasteiger partial charge in [0.2, 0.25) is 0 Å². The van der Waals surface area contributed by atoms with Crippen LogP contribution >= 0.6 is 0 Å². The molecule has 1 atom stereocenters. The van der Waals surface area contributed by atoms with E-state index in [0.717, 1.165) is 17.0 Å². The van der Waals surface area contributed by atoms with Crippen LogP contribution in [0.5, 0.6) is 11.5 Å². The third-order valence-electron chi connectivity index (χ3n) is 3.63. The normalized spacial score (nSPS) is 11.9. The highest BCUT2D eigenvalue weighted by Crippen LogP contribution is 2.18. The van der Waals surface area contributed by atoms with Gasteiger partial charge in [-0.15, -0.1) is 0 Å². The summed E-state index contributed by atoms with van der Waals surface area (Å²) in [5.74, 6) is 1.47. The molecule has 1 aromatic heterocycles. The van der Waals surface area contributed by atoms with Crippen molar-refractivity contribution in [1.82, 2.24) is 9.55 Å². The maximum Gasteiger partial charge on any atom is 0.119 e. The lowest BCUT2D eigenvalue weighted by molar-refractivity contribution is 0.0924. The number of nitrogens with zero attached hydrogens (tertiary/aromatic N) is 2. The molecule has 0 aliphatic heterocycles. The van der Waals surface area contributed by atoms with E-state index >= 15 is 0 Å². The third kappa shape index (κ3) is 4.14. The largest absolute Gasteiger partial charge is 0.497 e. The number of ether oxygens (including phenoxy) is 2. The number of aliphatic hydroxyl groups excluding tert-OH is 1. The number of rotatable bonds is 7. The molecular formula is C19H20N2O3. The molecule has 0 bridgehead atoms. The molecule has 0 aliphatic carbocycles. The number of aliphatic hydroxyl groups is 1. The van der Waals surface area contributed by atoms with Crippen LogP contribution < -0.4 is 9.47 Å². The van der Waals surface area contributed by atoms with Gasteiger partial charge in [-0.1, -0.05) is 30.3 Å². The van der Waals surface area contributed by atoms with E-state index in [1.54, 1.807) is 13.4 Å². The lowest BCUT2D eigenvalue weighted by atomic mass is 10.2. The van der Waals surface area contributed by atoms with E-state index in [1.165, 1.54) is 0 Å². The highest BCUT2D eigenvalue weighted by molar-refractivity contribution is 5.57. The number of methoxy groups -OCH3 is 1. The molecule has 5 heteroatoms. The van der Waals surface area contributed by atoms with Gasteiger partial charge in [0.25, 0.3) is 0 Å². The van der Waals surface area contributed by atoms with E-state index in [2.05, 4.69) is 4.98 Å². The Kier molecular flexibility index (Phi) is 5.13. The van der Waals surface area contributed by atoms with Crippen molar-refractivity contribution in [2.24, 2.45) is 0 Å². The Morgan fingerprint density at radius 1 is 1.04 bits per heavy atom. The zero-order chi connectivity index (χ0) is 16.8. The van der Waals surface area contributed by atoms with Crippen molar-refractivity contribution < 1.29 is 14.6 Å². The molecule has 124 valence electrons. The number of aromatic nitrogens is 2. The van der Waals surface area contributed by atoms with Gasteiger partial charge in [-0.2, -0.15) is 0 Å². The van der Waals surface area contributed by atoms with Crippen LogP contribution in [0.15, 0.2) is 67.1 Å². The summed E-state index contributed by atoms with van der Waals surface area (Å²) in [6.07, 6.45) is 3.02. The molecule has 2 aromatic carbocycles. The van der Waals surface area contributed by atoms with Crippen molar-refractivity contribution >= 4 is 0 Å². The van der Waals surface area contributed by atoms with Crippen LogP contribution in [0.1, 0.15) is 0 Å². The summed E-state index contributed by atoms with van der Waals surface area (Å²) in [4.78, 5) is 4.37. The first-order valence-corrected chi connectivity index (χ1v) is 7.77. The van der Waals surface area contributed by atoms with E-state index in [1.807, 2.05) is 65.4 Å². The molecule has 0 radical (unpaired) electrons. The summed E-state index contributed by atoms with van der Waals surface area (Å²) in [6.45, 7) is 0.640. The molecule has 1 heterocycles. The van der Waals surface area contributed by atoms with Crippen molar-refractivity contribution in [3.05, 3.63) is 67.1 Å². The highest BCUT2D eigenvalue weighted by atomic mass is 16.5. The minimum Gasteiger partial charge on any atom is -0.497 e. The van der Waals surface area contributed by atoms with E-state index in [-0.39, 0.29) is 6.61 Å². The van der Waals surface area contributed by atoms with Gasteiger partial charge < -0.3 is 19.1 Å². The van der Waals surface area contributed by atoms with Crippen LogP contribution in [0.25, 0.3) is 11.3 Å². The minimum absolute atomic E-state index is 0.213. The average Bonchev–Trinajstić information content (AvgIpc) is 3.09. The molecule has 24 heavy (non-hydrogen) atoms. The summed E-state index contributed by atoms with van der Waals surface area (Å²) in [7, 11) is 1.62. The SMILES string of the molecule is COc1ccc(OC[C@H](O)Cn2cnc(-c3ccccc3)c2)cc1. The molecule has 0 amide bonds. The van der Waals surface area contributed by atoms with Gasteiger partial charge in [-0.3, -0.25) is 0 Å². The predicted molar refractivity (Wildman–Crippen MR) is 92.2 cm³/mol. The van der Waals surface area contributed by atoms with Gasteiger partial charge in [-0.25, -0.2) is 4.98 Å². The topological polar surface area (TPSA) is 56.5 Å². The minimum atomic E-state index is -0.620. The lowest BCUT2D eigenvalue weighted by Crippen LogP contribution is -2.22. The second-order valence-corrected chi connectivity index (χ2v) is 5.46. The third-order valence-corrected chi connectivity index (χ3v) is 3.63. The molecule has 1 N–H and O–H groups in total. The smallest absolute Gasteiger partial charge is 0.119 e. The Bertz CT molecular complexity index is 754. The molecule has 3 rings (SSSR count). The Morgan fingerprint density at radius 2 is 1.75 bits per heavy atom. The van der Waals surface area contributed by atoms with Crippen molar-refractivity contribution in [2.75, 3.05) is 13.7 Å². The molecule has 0 fully saturated rings. The summed E-state index contributed by atoms with van der Waals surface area (Å²) in [6, 6.07) is 17.2. The first-order chi connectivity index (χ1) is 11.7. The van der Waals surface area contributed by atoms with E-state index < -0.39 is 6.10 Å². The van der Waals surface area contributed by atoms with Crippen LogP contribution in [-0.4, -0.2) is 34.5 Å². The number of hydrogen-bond acceptors (Lipinski definition) is 4. The number of imidazole rings is 1. The van der Waals surface area contributed by atoms with Crippen molar-refractivity contribution in [3.8, 4) is 22.8 Å². The van der Waals surface area contributed by atoms with E-state index in [4.69, 9.17) is 9.47 Å². The highest BCUT2D eigenvalue weighted by Gasteiger charge is 2.08. The zero-order valence-electron chi connectivity index (χ0n) is 13.5. The van der Waals surface area contributed by atoms with Crippen LogP contribution in [0.3, 0.4) is 0 Å². The Morgan fingerprint density at radius 3 is 2.46 bits per heavy atom. The fraction of sp³-hybridized carbons (Fsp3) is 0.211. The van der Waals surface area contributed by atoms with Crippen LogP contribution in [0.4, 0.5) is 0 Å². The quantitative estimate of drug-likeness (QED) is 0.726. The molecule has 0 saturated heterocycles. The second-order valence-electron chi connectivity index (χ2n) is 5.46. The molecule has 3 aromatic rings. The van der Waals surface area contributed by atoms with Gasteiger partial charge >= 0.3 is 0 Å². The van der Waals surface area contributed by atoms with Gasteiger partial charge in [-0.05, 0) is 24.3 Å². The van der Waals surface area contributed by atoms with Crippen molar-refractivity contribution in [1.29, 1.82) is 0 Å². The Balaban J connectivity index is 1.53. The maximum atomic E-state index is 10.1. The maximum absolute atomic E-state index is 10.1. The molecular weight excluding hydrogens is 304 g/mol. The summed E-state index contributed by atoms with van der Waals surface area (Å²) < 4.78 is 12.6. The summed E-state index contributed by atoms with van der Waals surface area (Å²) in [5.41, 5.74) is 1.94. The van der Waals surface area contributed by atoms with Gasteiger partial charge in [0, 0.05) is 11.8 Å². The standard InChI is InChI=1S/C19H20N2O3/c1-23-17-7-9-18(10-8-17)24-13-16(22)11-21-12-19(20-14-21)15-5-3-2-4-6-15/h2-10,12,14,16,22H,11,13H2,1H3/t16-/m1/s1. The van der Waals surface area contributed by atoms with Gasteiger partial charge in [0.1, 0.15) is 24.2 Å². The van der Waals surface area contributed by atoms with Gasteiger partial charge in [0.05, 0.1) is 25.7 Å². The van der Waals surface area contributed by atoms with Crippen LogP contribution in [0, 0.1) is 0 Å². The average molecular weight is 324 g/mol. The first-order valence-electron chi connectivity index (χ1n) is 7.77. The number of hydrogen-bond donors (Lipinski definition) is 1. The lowest BCUT2D eigenvalue weighted by Gasteiger charge is -2.13. The predicted octanol–water partition coefficient (Wildman–Crippen LogP) is 3.00. The van der Waals surface area contributed by atoms with Crippen molar-refractivity contribution in [2.45, 2.75) is 12.6 Å². The van der Waals surface area contributed by atoms with Crippen molar-refractivity contribution in [3.63, 3.8) is 0 Å². The zero-order valence-corrected chi connectivity index (χ0v) is 13.5. The molecule has 0 aliphatic rings. The molecule has 5 nitrogen and oxygen atoms in total. The summed E-state index contributed by atoms with van der Waals surface area (Å²) in [5, 5.41) is 10.1. The Labute approximate surface area is 141 Å². The molecule has 0 unspecified atom stereocenters. The van der Waals surface area contributed by atoms with Crippen LogP contribution in [0.2, 0.25) is 0 Å². The fourth-order valence-electron chi connectivity index (χ4n) is 2.38. The van der Waals surface area contributed by atoms with Crippen LogP contribution in [-0.2, 0) is 6.54 Å². The second kappa shape index (κ2) is 7.66. The monoisotopic (exact) mass is 324 g/mol. The van der Waals surface area contributed by atoms with Gasteiger partial charge in [0.15, 0.2) is 0 Å². The first kappa shape index (κ1) is 16.1.